The van der Waals surface area contributed by atoms with Crippen molar-refractivity contribution in [2.75, 3.05) is 0 Å². The number of hydrogen-bond donors (Lipinski definition) is 0. The van der Waals surface area contributed by atoms with E-state index in [0.717, 1.165) is 83.1 Å². The maximum absolute atomic E-state index is 5.22. The lowest BCUT2D eigenvalue weighted by Gasteiger charge is -2.16. The molecule has 10 rings (SSSR count). The minimum absolute atomic E-state index is 0.620. The molecule has 0 spiro atoms. The van der Waals surface area contributed by atoms with Crippen molar-refractivity contribution in [2.45, 2.75) is 0 Å². The van der Waals surface area contributed by atoms with Crippen molar-refractivity contribution in [1.82, 2.24) is 39.0 Å². The van der Waals surface area contributed by atoms with E-state index < -0.39 is 0 Å². The summed E-state index contributed by atoms with van der Waals surface area (Å²) in [6, 6.07) is 37.3. The van der Waals surface area contributed by atoms with Crippen molar-refractivity contribution in [1.29, 1.82) is 0 Å². The van der Waals surface area contributed by atoms with Crippen molar-refractivity contribution in [3.63, 3.8) is 0 Å². The second kappa shape index (κ2) is 11.3. The van der Waals surface area contributed by atoms with Gasteiger partial charge in [-0.3, -0.25) is 19.9 Å². The number of aromatic nitrogens is 8. The van der Waals surface area contributed by atoms with Crippen LogP contribution < -0.4 is 0 Å². The van der Waals surface area contributed by atoms with E-state index >= 15 is 0 Å². The molecule has 0 radical (unpaired) electrons. The van der Waals surface area contributed by atoms with Crippen molar-refractivity contribution in [3.8, 4) is 45.3 Å². The van der Waals surface area contributed by atoms with Crippen LogP contribution in [0.4, 0.5) is 0 Å². The van der Waals surface area contributed by atoms with Gasteiger partial charge in [0.1, 0.15) is 0 Å². The van der Waals surface area contributed by atoms with Crippen LogP contribution in [0.3, 0.4) is 0 Å². The molecule has 0 aliphatic heterocycles. The van der Waals surface area contributed by atoms with E-state index in [0.29, 0.717) is 5.82 Å². The Bertz CT molecular complexity index is 2580. The van der Waals surface area contributed by atoms with Crippen molar-refractivity contribution >= 4 is 43.6 Å². The van der Waals surface area contributed by atoms with E-state index in [4.69, 9.17) is 9.97 Å². The van der Waals surface area contributed by atoms with Crippen LogP contribution in [-0.4, -0.2) is 39.0 Å². The van der Waals surface area contributed by atoms with Gasteiger partial charge in [0.2, 0.25) is 0 Å². The lowest BCUT2D eigenvalue weighted by atomic mass is 10.1. The third-order valence-electron chi connectivity index (χ3n) is 9.28. The summed E-state index contributed by atoms with van der Waals surface area (Å²) in [6.45, 7) is 0. The van der Waals surface area contributed by atoms with Crippen LogP contribution >= 0.6 is 0 Å². The molecular weight excluding hydrogens is 617 g/mol. The molecule has 7 aromatic heterocycles. The molecule has 0 aliphatic carbocycles. The number of rotatable bonds is 5. The van der Waals surface area contributed by atoms with Crippen LogP contribution in [0.1, 0.15) is 0 Å². The highest BCUT2D eigenvalue weighted by Crippen LogP contribution is 2.37. The van der Waals surface area contributed by atoms with Crippen LogP contribution in [0.25, 0.3) is 88.9 Å². The zero-order chi connectivity index (χ0) is 33.0. The van der Waals surface area contributed by atoms with Crippen LogP contribution in [0.2, 0.25) is 0 Å². The lowest BCUT2D eigenvalue weighted by molar-refractivity contribution is 1.11. The predicted molar refractivity (Wildman–Crippen MR) is 198 cm³/mol. The molecule has 0 bridgehead atoms. The summed E-state index contributed by atoms with van der Waals surface area (Å²) in [5, 5.41) is 4.27. The number of hydrogen-bond acceptors (Lipinski definition) is 6. The summed E-state index contributed by atoms with van der Waals surface area (Å²) in [5.41, 5.74) is 10.5. The molecule has 10 aromatic rings. The first-order chi connectivity index (χ1) is 24.8. The quantitative estimate of drug-likeness (QED) is 0.186. The van der Waals surface area contributed by atoms with Gasteiger partial charge in [-0.2, -0.15) is 0 Å². The molecule has 0 unspecified atom stereocenters. The van der Waals surface area contributed by atoms with Gasteiger partial charge in [0.25, 0.3) is 0 Å². The van der Waals surface area contributed by atoms with Crippen molar-refractivity contribution in [3.05, 3.63) is 159 Å². The Labute approximate surface area is 286 Å². The first-order valence-electron chi connectivity index (χ1n) is 16.3. The molecule has 0 saturated carbocycles. The second-order valence-corrected chi connectivity index (χ2v) is 12.2. The molecular formula is C42H26N8. The highest BCUT2D eigenvalue weighted by atomic mass is 15.0. The average molecular weight is 643 g/mol. The number of benzene rings is 3. The standard InChI is InChI=1S/C42H26N8/c1-3-7-27(8-4-1)36-22-37(28-9-5-2-6-10-28)48-42(47-36)29-19-30(49-38-13-17-43-23-34(38)32-11-15-45-25-40(32)49)21-31(20-29)50-39-14-18-44-24-35(39)33-12-16-46-26-41(33)50/h1-26H. The van der Waals surface area contributed by atoms with Gasteiger partial charge >= 0.3 is 0 Å². The van der Waals surface area contributed by atoms with E-state index in [9.17, 15) is 0 Å². The molecule has 8 heteroatoms. The van der Waals surface area contributed by atoms with Gasteiger partial charge < -0.3 is 9.13 Å². The van der Waals surface area contributed by atoms with Gasteiger partial charge in [-0.15, -0.1) is 0 Å². The molecule has 7 heterocycles. The molecule has 0 fully saturated rings. The predicted octanol–water partition coefficient (Wildman–Crippen LogP) is 9.25. The van der Waals surface area contributed by atoms with Gasteiger partial charge in [0.05, 0.1) is 45.8 Å². The maximum atomic E-state index is 5.22. The summed E-state index contributed by atoms with van der Waals surface area (Å²) < 4.78 is 4.50. The molecule has 0 N–H and O–H groups in total. The van der Waals surface area contributed by atoms with Crippen LogP contribution in [0, 0.1) is 0 Å². The SMILES string of the molecule is c1ccc(-c2cc(-c3ccccc3)nc(-c3cc(-n4c5ccncc5c5ccncc54)cc(-n4c5ccncc5c5ccncc54)c3)n2)cc1. The fraction of sp³-hybridized carbons (Fsp3) is 0. The van der Waals surface area contributed by atoms with E-state index in [1.165, 1.54) is 0 Å². The van der Waals surface area contributed by atoms with E-state index in [1.54, 1.807) is 0 Å². The minimum Gasteiger partial charge on any atom is -0.307 e. The summed E-state index contributed by atoms with van der Waals surface area (Å²) in [6.07, 6.45) is 15.0. The van der Waals surface area contributed by atoms with Gasteiger partial charge in [-0.05, 0) is 48.5 Å². The van der Waals surface area contributed by atoms with Gasteiger partial charge in [-0.1, -0.05) is 60.7 Å². The van der Waals surface area contributed by atoms with Crippen LogP contribution in [0.5, 0.6) is 0 Å². The first-order valence-corrected chi connectivity index (χ1v) is 16.3. The zero-order valence-corrected chi connectivity index (χ0v) is 26.6. The van der Waals surface area contributed by atoms with Crippen LogP contribution in [0.15, 0.2) is 159 Å². The molecule has 0 atom stereocenters. The second-order valence-electron chi connectivity index (χ2n) is 12.2. The molecule has 8 nitrogen and oxygen atoms in total. The van der Waals surface area contributed by atoms with Gasteiger partial charge in [-0.25, -0.2) is 9.97 Å². The maximum Gasteiger partial charge on any atom is 0.160 e. The fourth-order valence-corrected chi connectivity index (χ4v) is 7.05. The van der Waals surface area contributed by atoms with E-state index in [2.05, 4.69) is 89.7 Å². The monoisotopic (exact) mass is 642 g/mol. The first kappa shape index (κ1) is 28.0. The topological polar surface area (TPSA) is 87.2 Å². The summed E-state index contributed by atoms with van der Waals surface area (Å²) in [7, 11) is 0. The zero-order valence-electron chi connectivity index (χ0n) is 26.6. The third kappa shape index (κ3) is 4.47. The number of fused-ring (bicyclic) bond motifs is 6. The highest BCUT2D eigenvalue weighted by Gasteiger charge is 2.19. The molecule has 0 aliphatic rings. The minimum atomic E-state index is 0.620. The molecule has 0 saturated heterocycles. The van der Waals surface area contributed by atoms with Crippen molar-refractivity contribution < 1.29 is 0 Å². The Balaban J connectivity index is 1.31. The third-order valence-corrected chi connectivity index (χ3v) is 9.28. The van der Waals surface area contributed by atoms with Gasteiger partial charge in [0.15, 0.2) is 5.82 Å². The Morgan fingerprint density at radius 3 is 1.32 bits per heavy atom. The molecule has 3 aromatic carbocycles. The average Bonchev–Trinajstić information content (AvgIpc) is 3.71. The number of nitrogens with zero attached hydrogens (tertiary/aromatic N) is 8. The molecule has 234 valence electrons. The van der Waals surface area contributed by atoms with Crippen molar-refractivity contribution in [2.24, 2.45) is 0 Å². The Hall–Kier alpha value is -7.06. The lowest BCUT2D eigenvalue weighted by Crippen LogP contribution is -2.02. The molecule has 50 heavy (non-hydrogen) atoms. The van der Waals surface area contributed by atoms with E-state index in [-0.39, 0.29) is 0 Å². The highest BCUT2D eigenvalue weighted by molar-refractivity contribution is 6.10. The largest absolute Gasteiger partial charge is 0.307 e. The fourth-order valence-electron chi connectivity index (χ4n) is 7.05. The molecule has 0 amide bonds. The van der Waals surface area contributed by atoms with Gasteiger partial charge in [0, 0.05) is 86.8 Å². The Morgan fingerprint density at radius 2 is 0.820 bits per heavy atom. The van der Waals surface area contributed by atoms with Crippen LogP contribution in [-0.2, 0) is 0 Å². The Kier molecular flexibility index (Phi) is 6.32. The summed E-state index contributed by atoms with van der Waals surface area (Å²) in [5.74, 6) is 0.620. The Morgan fingerprint density at radius 1 is 0.360 bits per heavy atom. The smallest absolute Gasteiger partial charge is 0.160 e. The number of pyridine rings is 4. The summed E-state index contributed by atoms with van der Waals surface area (Å²) in [4.78, 5) is 28.4. The van der Waals surface area contributed by atoms with E-state index in [1.807, 2.05) is 98.1 Å². The summed E-state index contributed by atoms with van der Waals surface area (Å²) >= 11 is 0. The normalized spacial score (nSPS) is 11.6.